The molecule has 4 heteroatoms. The molecule has 1 aliphatic carbocycles. The van der Waals surface area contributed by atoms with E-state index in [2.05, 4.69) is 11.1 Å². The number of nitrogens with two attached hydrogens (primary N) is 1. The van der Waals surface area contributed by atoms with E-state index < -0.39 is 0 Å². The second kappa shape index (κ2) is 3.69. The molecule has 1 saturated heterocycles. The van der Waals surface area contributed by atoms with E-state index in [0.29, 0.717) is 0 Å². The lowest BCUT2D eigenvalue weighted by Crippen LogP contribution is -2.41. The SMILES string of the molecule is NC1c2cccnc2CC12CCN(Cl)CC2. The van der Waals surface area contributed by atoms with Gasteiger partial charge in [0.1, 0.15) is 0 Å². The molecule has 0 saturated carbocycles. The van der Waals surface area contributed by atoms with Gasteiger partial charge in [-0.1, -0.05) is 6.07 Å². The van der Waals surface area contributed by atoms with Crippen LogP contribution in [0.1, 0.15) is 30.1 Å². The summed E-state index contributed by atoms with van der Waals surface area (Å²) in [7, 11) is 0. The molecule has 1 atom stereocenters. The summed E-state index contributed by atoms with van der Waals surface area (Å²) >= 11 is 6.01. The van der Waals surface area contributed by atoms with Crippen LogP contribution in [-0.4, -0.2) is 22.5 Å². The van der Waals surface area contributed by atoms with Gasteiger partial charge in [0.25, 0.3) is 0 Å². The van der Waals surface area contributed by atoms with Crippen molar-refractivity contribution in [2.45, 2.75) is 25.3 Å². The van der Waals surface area contributed by atoms with Crippen molar-refractivity contribution in [1.29, 1.82) is 0 Å². The normalized spacial score (nSPS) is 28.2. The predicted molar refractivity (Wildman–Crippen MR) is 64.0 cm³/mol. The minimum atomic E-state index is 0.140. The van der Waals surface area contributed by atoms with Crippen molar-refractivity contribution < 1.29 is 0 Å². The van der Waals surface area contributed by atoms with Crippen molar-refractivity contribution >= 4 is 11.8 Å². The van der Waals surface area contributed by atoms with Gasteiger partial charge in [-0.15, -0.1) is 0 Å². The van der Waals surface area contributed by atoms with Gasteiger partial charge in [-0.05, 0) is 48.1 Å². The number of aromatic nitrogens is 1. The fourth-order valence-electron chi connectivity index (χ4n) is 3.07. The maximum Gasteiger partial charge on any atom is 0.0457 e. The highest BCUT2D eigenvalue weighted by Gasteiger charge is 2.46. The second-order valence-corrected chi connectivity index (χ2v) is 5.44. The minimum Gasteiger partial charge on any atom is -0.323 e. The van der Waals surface area contributed by atoms with Crippen molar-refractivity contribution in [3.05, 3.63) is 29.6 Å². The zero-order valence-corrected chi connectivity index (χ0v) is 9.95. The first-order chi connectivity index (χ1) is 7.71. The van der Waals surface area contributed by atoms with E-state index in [1.807, 2.05) is 16.7 Å². The lowest BCUT2D eigenvalue weighted by Gasteiger charge is -2.39. The monoisotopic (exact) mass is 237 g/mol. The number of nitrogens with zero attached hydrogens (tertiary/aromatic N) is 2. The Balaban J connectivity index is 1.91. The molecule has 16 heavy (non-hydrogen) atoms. The number of hydrogen-bond donors (Lipinski definition) is 1. The van der Waals surface area contributed by atoms with Crippen molar-refractivity contribution in [3.8, 4) is 0 Å². The van der Waals surface area contributed by atoms with E-state index in [1.54, 1.807) is 0 Å². The molecule has 2 heterocycles. The average molecular weight is 238 g/mol. The Morgan fingerprint density at radius 3 is 2.88 bits per heavy atom. The summed E-state index contributed by atoms with van der Waals surface area (Å²) in [6.07, 6.45) is 5.04. The lowest BCUT2D eigenvalue weighted by molar-refractivity contribution is 0.134. The molecule has 0 bridgehead atoms. The van der Waals surface area contributed by atoms with Crippen LogP contribution in [-0.2, 0) is 6.42 Å². The Bertz CT molecular complexity index is 399. The van der Waals surface area contributed by atoms with Crippen LogP contribution in [0.15, 0.2) is 18.3 Å². The van der Waals surface area contributed by atoms with Crippen molar-refractivity contribution in [1.82, 2.24) is 9.40 Å². The van der Waals surface area contributed by atoms with Gasteiger partial charge in [0.15, 0.2) is 0 Å². The third-order valence-corrected chi connectivity index (χ3v) is 4.48. The van der Waals surface area contributed by atoms with Crippen LogP contribution in [0, 0.1) is 5.41 Å². The Labute approximate surface area is 101 Å². The predicted octanol–water partition coefficient (Wildman–Crippen LogP) is 1.87. The topological polar surface area (TPSA) is 42.1 Å². The van der Waals surface area contributed by atoms with Crippen molar-refractivity contribution in [3.63, 3.8) is 0 Å². The number of halogens is 1. The van der Waals surface area contributed by atoms with Gasteiger partial charge in [0, 0.05) is 31.0 Å². The molecule has 2 N–H and O–H groups in total. The van der Waals surface area contributed by atoms with Gasteiger partial charge < -0.3 is 5.73 Å². The molecule has 86 valence electrons. The summed E-state index contributed by atoms with van der Waals surface area (Å²) in [4.78, 5) is 4.45. The molecule has 1 spiro atoms. The molecule has 1 aromatic heterocycles. The van der Waals surface area contributed by atoms with Gasteiger partial charge in [-0.3, -0.25) is 4.98 Å². The highest BCUT2D eigenvalue weighted by atomic mass is 35.5. The summed E-state index contributed by atoms with van der Waals surface area (Å²) in [5, 5.41) is 0. The van der Waals surface area contributed by atoms with E-state index >= 15 is 0 Å². The Hall–Kier alpha value is -0.640. The number of pyridine rings is 1. The van der Waals surface area contributed by atoms with Gasteiger partial charge in [-0.2, -0.15) is 0 Å². The molecule has 3 rings (SSSR count). The van der Waals surface area contributed by atoms with Gasteiger partial charge in [0.2, 0.25) is 0 Å². The van der Waals surface area contributed by atoms with Crippen molar-refractivity contribution in [2.24, 2.45) is 11.1 Å². The van der Waals surface area contributed by atoms with Gasteiger partial charge in [-0.25, -0.2) is 4.42 Å². The van der Waals surface area contributed by atoms with Crippen LogP contribution < -0.4 is 5.73 Å². The van der Waals surface area contributed by atoms with Crippen LogP contribution >= 0.6 is 11.8 Å². The molecule has 2 aliphatic rings. The van der Waals surface area contributed by atoms with E-state index in [9.17, 15) is 0 Å². The maximum absolute atomic E-state index is 6.40. The summed E-state index contributed by atoms with van der Waals surface area (Å²) in [6, 6.07) is 4.24. The fraction of sp³-hybridized carbons (Fsp3) is 0.583. The average Bonchev–Trinajstić information content (AvgIpc) is 2.58. The highest BCUT2D eigenvalue weighted by Crippen LogP contribution is 2.50. The van der Waals surface area contributed by atoms with Crippen LogP contribution in [0.3, 0.4) is 0 Å². The molecule has 3 nitrogen and oxygen atoms in total. The van der Waals surface area contributed by atoms with Crippen LogP contribution in [0.2, 0.25) is 0 Å². The number of rotatable bonds is 0. The van der Waals surface area contributed by atoms with E-state index in [4.69, 9.17) is 17.5 Å². The van der Waals surface area contributed by atoms with Gasteiger partial charge >= 0.3 is 0 Å². The fourth-order valence-corrected chi connectivity index (χ4v) is 3.24. The molecule has 1 aliphatic heterocycles. The van der Waals surface area contributed by atoms with Gasteiger partial charge in [0.05, 0.1) is 0 Å². The maximum atomic E-state index is 6.40. The lowest BCUT2D eigenvalue weighted by atomic mass is 9.74. The first kappa shape index (κ1) is 10.5. The van der Waals surface area contributed by atoms with E-state index in [-0.39, 0.29) is 11.5 Å². The largest absolute Gasteiger partial charge is 0.323 e. The molecule has 1 unspecified atom stereocenters. The summed E-state index contributed by atoms with van der Waals surface area (Å²) in [6.45, 7) is 1.87. The zero-order chi connectivity index (χ0) is 11.2. The second-order valence-electron chi connectivity index (χ2n) is 4.97. The quantitative estimate of drug-likeness (QED) is 0.701. The number of piperidine rings is 1. The summed E-state index contributed by atoms with van der Waals surface area (Å²) in [5.74, 6) is 0. The number of hydrogen-bond acceptors (Lipinski definition) is 3. The van der Waals surface area contributed by atoms with Crippen LogP contribution in [0.4, 0.5) is 0 Å². The van der Waals surface area contributed by atoms with Crippen LogP contribution in [0.25, 0.3) is 0 Å². The standard InChI is InChI=1S/C12H16ClN3/c13-16-6-3-12(4-7-16)8-10-9(11(12)14)2-1-5-15-10/h1-2,5,11H,3-4,6-8,14H2. The molecular weight excluding hydrogens is 222 g/mol. The van der Waals surface area contributed by atoms with E-state index in [0.717, 1.165) is 32.4 Å². The van der Waals surface area contributed by atoms with E-state index in [1.165, 1.54) is 11.3 Å². The molecular formula is C12H16ClN3. The molecule has 0 amide bonds. The summed E-state index contributed by atoms with van der Waals surface area (Å²) < 4.78 is 1.87. The van der Waals surface area contributed by atoms with Crippen molar-refractivity contribution in [2.75, 3.05) is 13.1 Å². The third kappa shape index (κ3) is 1.46. The smallest absolute Gasteiger partial charge is 0.0457 e. The third-order valence-electron chi connectivity index (χ3n) is 4.14. The zero-order valence-electron chi connectivity index (χ0n) is 9.19. The Morgan fingerprint density at radius 1 is 1.44 bits per heavy atom. The Kier molecular flexibility index (Phi) is 2.42. The summed E-state index contributed by atoms with van der Waals surface area (Å²) in [5.41, 5.74) is 9.04. The highest BCUT2D eigenvalue weighted by molar-refractivity contribution is 6.13. The molecule has 1 aromatic rings. The molecule has 1 fully saturated rings. The minimum absolute atomic E-state index is 0.140. The first-order valence-corrected chi connectivity index (χ1v) is 6.15. The first-order valence-electron chi connectivity index (χ1n) is 5.81. The molecule has 0 aromatic carbocycles. The number of fused-ring (bicyclic) bond motifs is 1. The molecule has 0 radical (unpaired) electrons. The van der Waals surface area contributed by atoms with Crippen LogP contribution in [0.5, 0.6) is 0 Å². The Morgan fingerprint density at radius 2 is 2.19 bits per heavy atom.